The van der Waals surface area contributed by atoms with E-state index in [1.807, 2.05) is 0 Å². The highest BCUT2D eigenvalue weighted by Crippen LogP contribution is 2.46. The number of carbonyl (C=O) groups is 1. The van der Waals surface area contributed by atoms with E-state index in [0.29, 0.717) is 12.1 Å². The first-order chi connectivity index (χ1) is 11.2. The summed E-state index contributed by atoms with van der Waals surface area (Å²) < 4.78 is 5.16. The van der Waals surface area contributed by atoms with Crippen LogP contribution in [0.2, 0.25) is 0 Å². The van der Waals surface area contributed by atoms with Crippen LogP contribution in [0.15, 0.2) is 42.5 Å². The van der Waals surface area contributed by atoms with E-state index in [0.717, 1.165) is 12.8 Å². The number of hydrogen-bond acceptors (Lipinski definition) is 3. The molecule has 0 saturated carbocycles. The van der Waals surface area contributed by atoms with Crippen LogP contribution in [0.1, 0.15) is 30.7 Å². The number of piperidine rings is 1. The number of ether oxygens (including phenoxy) is 1. The van der Waals surface area contributed by atoms with Gasteiger partial charge in [0.15, 0.2) is 0 Å². The van der Waals surface area contributed by atoms with Crippen LogP contribution in [0.25, 0.3) is 10.8 Å². The minimum atomic E-state index is -0.0552. The first-order valence-electron chi connectivity index (χ1n) is 8.47. The lowest BCUT2D eigenvalue weighted by atomic mass is 9.76. The van der Waals surface area contributed by atoms with Crippen molar-refractivity contribution in [2.24, 2.45) is 5.92 Å². The third-order valence-electron chi connectivity index (χ3n) is 5.94. The minimum absolute atomic E-state index is 0.0510. The van der Waals surface area contributed by atoms with Crippen LogP contribution in [-0.4, -0.2) is 37.1 Å². The van der Waals surface area contributed by atoms with Gasteiger partial charge in [-0.3, -0.25) is 9.69 Å². The molecule has 2 aromatic carbocycles. The van der Waals surface area contributed by atoms with Crippen LogP contribution in [0, 0.1) is 5.92 Å². The van der Waals surface area contributed by atoms with Gasteiger partial charge in [0.05, 0.1) is 13.0 Å². The maximum absolute atomic E-state index is 12.5. The zero-order valence-corrected chi connectivity index (χ0v) is 13.7. The van der Waals surface area contributed by atoms with Crippen LogP contribution in [0.4, 0.5) is 0 Å². The molecule has 0 radical (unpaired) electrons. The summed E-state index contributed by atoms with van der Waals surface area (Å²) in [6, 6.07) is 16.0. The van der Waals surface area contributed by atoms with E-state index in [9.17, 15) is 4.79 Å². The SMILES string of the molecule is COC(=O)[C@@H]1[C@H]2CC[C@H](C[C@H]1c1ccc3ccccc3c1)N2C. The normalized spacial score (nSPS) is 30.5. The monoisotopic (exact) mass is 309 g/mol. The van der Waals surface area contributed by atoms with Crippen molar-refractivity contribution < 1.29 is 9.53 Å². The molecular weight excluding hydrogens is 286 g/mol. The number of nitrogens with zero attached hydrogens (tertiary/aromatic N) is 1. The number of methoxy groups -OCH3 is 1. The van der Waals surface area contributed by atoms with Gasteiger partial charge in [0.2, 0.25) is 0 Å². The molecule has 4 atom stereocenters. The molecule has 2 aromatic rings. The summed E-state index contributed by atoms with van der Waals surface area (Å²) in [4.78, 5) is 14.9. The van der Waals surface area contributed by atoms with Crippen molar-refractivity contribution in [1.82, 2.24) is 4.90 Å². The van der Waals surface area contributed by atoms with Gasteiger partial charge in [-0.15, -0.1) is 0 Å². The van der Waals surface area contributed by atoms with Gasteiger partial charge in [0.1, 0.15) is 0 Å². The quantitative estimate of drug-likeness (QED) is 0.794. The second kappa shape index (κ2) is 5.64. The number of fused-ring (bicyclic) bond motifs is 3. The molecule has 2 saturated heterocycles. The molecule has 23 heavy (non-hydrogen) atoms. The van der Waals surface area contributed by atoms with E-state index in [2.05, 4.69) is 54.4 Å². The van der Waals surface area contributed by atoms with Gasteiger partial charge in [-0.2, -0.15) is 0 Å². The number of carbonyl (C=O) groups excluding carboxylic acids is 1. The Morgan fingerprint density at radius 1 is 1.13 bits per heavy atom. The van der Waals surface area contributed by atoms with Gasteiger partial charge >= 0.3 is 5.97 Å². The van der Waals surface area contributed by atoms with Crippen molar-refractivity contribution in [3.63, 3.8) is 0 Å². The van der Waals surface area contributed by atoms with Gasteiger partial charge in [0.25, 0.3) is 0 Å². The largest absolute Gasteiger partial charge is 0.469 e. The zero-order chi connectivity index (χ0) is 16.0. The smallest absolute Gasteiger partial charge is 0.310 e. The topological polar surface area (TPSA) is 29.5 Å². The predicted octanol–water partition coefficient (Wildman–Crippen LogP) is 3.58. The molecule has 0 N–H and O–H groups in total. The van der Waals surface area contributed by atoms with Gasteiger partial charge in [-0.1, -0.05) is 42.5 Å². The van der Waals surface area contributed by atoms with Crippen LogP contribution >= 0.6 is 0 Å². The molecule has 0 aliphatic carbocycles. The molecule has 0 aromatic heterocycles. The summed E-state index contributed by atoms with van der Waals surface area (Å²) >= 11 is 0. The molecule has 2 aliphatic heterocycles. The molecule has 0 spiro atoms. The number of hydrogen-bond donors (Lipinski definition) is 0. The van der Waals surface area contributed by atoms with Crippen LogP contribution in [-0.2, 0) is 9.53 Å². The summed E-state index contributed by atoms with van der Waals surface area (Å²) in [5, 5.41) is 2.50. The number of rotatable bonds is 2. The lowest BCUT2D eigenvalue weighted by Crippen LogP contribution is -2.49. The van der Waals surface area contributed by atoms with Crippen molar-refractivity contribution in [3.8, 4) is 0 Å². The number of benzene rings is 2. The van der Waals surface area contributed by atoms with E-state index < -0.39 is 0 Å². The third-order valence-corrected chi connectivity index (χ3v) is 5.94. The van der Waals surface area contributed by atoms with Crippen molar-refractivity contribution in [1.29, 1.82) is 0 Å². The van der Waals surface area contributed by atoms with Crippen molar-refractivity contribution in [3.05, 3.63) is 48.0 Å². The van der Waals surface area contributed by atoms with Crippen LogP contribution in [0.3, 0.4) is 0 Å². The van der Waals surface area contributed by atoms with E-state index >= 15 is 0 Å². The molecular formula is C20H23NO2. The molecule has 2 aliphatic rings. The Balaban J connectivity index is 1.76. The molecule has 3 heteroatoms. The van der Waals surface area contributed by atoms with Gasteiger partial charge in [-0.05, 0) is 42.6 Å². The fraction of sp³-hybridized carbons (Fsp3) is 0.450. The second-order valence-electron chi connectivity index (χ2n) is 6.96. The fourth-order valence-electron chi connectivity index (χ4n) is 4.71. The van der Waals surface area contributed by atoms with Crippen molar-refractivity contribution in [2.75, 3.05) is 14.2 Å². The highest BCUT2D eigenvalue weighted by Gasteiger charge is 2.49. The predicted molar refractivity (Wildman–Crippen MR) is 91.4 cm³/mol. The number of esters is 1. The molecule has 2 heterocycles. The van der Waals surface area contributed by atoms with E-state index in [-0.39, 0.29) is 17.8 Å². The molecule has 0 amide bonds. The summed E-state index contributed by atoms with van der Waals surface area (Å²) in [6.07, 6.45) is 3.34. The first-order valence-corrected chi connectivity index (χ1v) is 8.47. The lowest BCUT2D eigenvalue weighted by Gasteiger charge is -2.41. The maximum Gasteiger partial charge on any atom is 0.310 e. The minimum Gasteiger partial charge on any atom is -0.469 e. The molecule has 2 bridgehead atoms. The molecule has 3 nitrogen and oxygen atoms in total. The average molecular weight is 309 g/mol. The Kier molecular flexibility index (Phi) is 3.61. The van der Waals surface area contributed by atoms with Crippen molar-refractivity contribution in [2.45, 2.75) is 37.3 Å². The molecule has 2 fully saturated rings. The Morgan fingerprint density at radius 2 is 1.91 bits per heavy atom. The molecule has 4 rings (SSSR count). The Morgan fingerprint density at radius 3 is 2.70 bits per heavy atom. The summed E-state index contributed by atoms with van der Waals surface area (Å²) in [6.45, 7) is 0. The highest BCUT2D eigenvalue weighted by atomic mass is 16.5. The first kappa shape index (κ1) is 14.7. The third kappa shape index (κ3) is 2.34. The second-order valence-corrected chi connectivity index (χ2v) is 6.96. The molecule has 120 valence electrons. The van der Waals surface area contributed by atoms with Crippen LogP contribution < -0.4 is 0 Å². The van der Waals surface area contributed by atoms with E-state index in [1.54, 1.807) is 0 Å². The van der Waals surface area contributed by atoms with Gasteiger partial charge in [-0.25, -0.2) is 0 Å². The van der Waals surface area contributed by atoms with Gasteiger partial charge < -0.3 is 4.74 Å². The Labute approximate surface area is 137 Å². The van der Waals surface area contributed by atoms with Crippen molar-refractivity contribution >= 4 is 16.7 Å². The zero-order valence-electron chi connectivity index (χ0n) is 13.7. The average Bonchev–Trinajstić information content (AvgIpc) is 2.83. The summed E-state index contributed by atoms with van der Waals surface area (Å²) in [5.74, 6) is 0.158. The Bertz CT molecular complexity index is 741. The van der Waals surface area contributed by atoms with E-state index in [4.69, 9.17) is 4.74 Å². The van der Waals surface area contributed by atoms with Crippen LogP contribution in [0.5, 0.6) is 0 Å². The maximum atomic E-state index is 12.5. The standard InChI is InChI=1S/C20H23NO2/c1-21-16-9-10-18(21)19(20(22)23-2)17(12-16)15-8-7-13-5-3-4-6-14(13)11-15/h3-8,11,16-19H,9-10,12H2,1-2H3/t16-,17+,18-,19+/m1/s1. The fourth-order valence-corrected chi connectivity index (χ4v) is 4.71. The summed E-state index contributed by atoms with van der Waals surface area (Å²) in [5.41, 5.74) is 1.28. The Hall–Kier alpha value is -1.87. The summed E-state index contributed by atoms with van der Waals surface area (Å²) in [7, 11) is 3.68. The van der Waals surface area contributed by atoms with E-state index in [1.165, 1.54) is 29.9 Å². The van der Waals surface area contributed by atoms with Gasteiger partial charge in [0, 0.05) is 18.0 Å². The highest BCUT2D eigenvalue weighted by molar-refractivity contribution is 5.83. The lowest BCUT2D eigenvalue weighted by molar-refractivity contribution is -0.150. The molecule has 0 unspecified atom stereocenters.